The molecule has 0 saturated carbocycles. The molecule has 1 aliphatic rings. The van der Waals surface area contributed by atoms with Crippen LogP contribution in [0.1, 0.15) is 111 Å². The highest BCUT2D eigenvalue weighted by atomic mass is 32.2. The monoisotopic (exact) mass is 637 g/mol. The normalized spacial score (nSPS) is 12.6. The molecule has 0 atom stereocenters. The van der Waals surface area contributed by atoms with Crippen LogP contribution in [0.25, 0.3) is 0 Å². The summed E-state index contributed by atoms with van der Waals surface area (Å²) in [4.78, 5) is 6.22. The molecule has 45 heavy (non-hydrogen) atoms. The van der Waals surface area contributed by atoms with E-state index in [-0.39, 0.29) is 0 Å². The standard InChI is InChI=1S/C20H33NS.C15H25NO.C2H6.2C2H2/c1-5-7-12-20(13-8-6-2)14-11-17-15-18(21(3)4)9-10-19(17)22-16-20;1-3-16(4-2)13-9-6-10-14-17-15-11-7-5-8-12-15;3*1-2/h9-10,15H,5-8,11-14,16H2,1-4H3;5,7-8,11-12H,3-4,6,9-10,13-14H2,1-2H3;1-2H3;2*1-2H. The van der Waals surface area contributed by atoms with E-state index in [0.717, 1.165) is 31.9 Å². The van der Waals surface area contributed by atoms with Gasteiger partial charge >= 0.3 is 0 Å². The van der Waals surface area contributed by atoms with Crippen molar-refractivity contribution in [2.45, 2.75) is 117 Å². The van der Waals surface area contributed by atoms with Gasteiger partial charge < -0.3 is 14.5 Å². The van der Waals surface area contributed by atoms with E-state index in [1.165, 1.54) is 87.1 Å². The van der Waals surface area contributed by atoms with Crippen LogP contribution in [0.4, 0.5) is 5.69 Å². The minimum atomic E-state index is 0.577. The summed E-state index contributed by atoms with van der Waals surface area (Å²) in [6.07, 6.45) is 30.6. The fourth-order valence-electron chi connectivity index (χ4n) is 5.37. The van der Waals surface area contributed by atoms with Crippen molar-refractivity contribution in [1.82, 2.24) is 4.90 Å². The largest absolute Gasteiger partial charge is 0.494 e. The SMILES string of the molecule is C#C.C#C.CC.CCCCC1(CCCC)CCc2cc(N(C)C)ccc2SC1.CCN(CC)CCCCCOc1ccccc1. The van der Waals surface area contributed by atoms with E-state index in [9.17, 15) is 0 Å². The maximum absolute atomic E-state index is 5.65. The number of hydrogen-bond acceptors (Lipinski definition) is 4. The highest BCUT2D eigenvalue weighted by Gasteiger charge is 2.31. The van der Waals surface area contributed by atoms with E-state index < -0.39 is 0 Å². The quantitative estimate of drug-likeness (QED) is 0.134. The van der Waals surface area contributed by atoms with Crippen LogP contribution in [0, 0.1) is 31.1 Å². The number of hydrogen-bond donors (Lipinski definition) is 0. The Morgan fingerprint density at radius 3 is 1.91 bits per heavy atom. The Kier molecular flexibility index (Phi) is 29.9. The van der Waals surface area contributed by atoms with Crippen molar-refractivity contribution in [1.29, 1.82) is 0 Å². The lowest BCUT2D eigenvalue weighted by Gasteiger charge is -2.32. The van der Waals surface area contributed by atoms with E-state index in [1.807, 2.05) is 44.2 Å². The third-order valence-corrected chi connectivity index (χ3v) is 9.63. The number of anilines is 1. The first kappa shape index (κ1) is 44.6. The van der Waals surface area contributed by atoms with Crippen LogP contribution < -0.4 is 9.64 Å². The summed E-state index contributed by atoms with van der Waals surface area (Å²) in [5, 5.41) is 0. The number of nitrogens with zero attached hydrogens (tertiary/aromatic N) is 2. The zero-order chi connectivity index (χ0) is 34.3. The molecule has 0 fully saturated rings. The first-order valence-electron chi connectivity index (χ1n) is 17.5. The summed E-state index contributed by atoms with van der Waals surface area (Å²) >= 11 is 2.12. The van der Waals surface area contributed by atoms with E-state index in [0.29, 0.717) is 5.41 Å². The zero-order valence-electron chi connectivity index (χ0n) is 30.5. The molecule has 0 amide bonds. The summed E-state index contributed by atoms with van der Waals surface area (Å²) in [5.74, 6) is 2.30. The topological polar surface area (TPSA) is 15.7 Å². The molecule has 0 N–H and O–H groups in total. The Morgan fingerprint density at radius 2 is 1.38 bits per heavy atom. The number of para-hydroxylation sites is 1. The van der Waals surface area contributed by atoms with Crippen LogP contribution in [-0.2, 0) is 6.42 Å². The van der Waals surface area contributed by atoms with Crippen LogP contribution in [-0.4, -0.2) is 51.0 Å². The van der Waals surface area contributed by atoms with E-state index in [2.05, 4.69) is 107 Å². The van der Waals surface area contributed by atoms with Crippen molar-refractivity contribution in [3.05, 3.63) is 54.1 Å². The van der Waals surface area contributed by atoms with Gasteiger partial charge in [-0.25, -0.2) is 0 Å². The Balaban J connectivity index is 0. The first-order valence-corrected chi connectivity index (χ1v) is 18.4. The summed E-state index contributed by atoms with van der Waals surface area (Å²) in [6.45, 7) is 17.5. The van der Waals surface area contributed by atoms with Crippen molar-refractivity contribution in [2.75, 3.05) is 51.0 Å². The van der Waals surface area contributed by atoms with Gasteiger partial charge in [0, 0.05) is 30.4 Å². The van der Waals surface area contributed by atoms with Gasteiger partial charge in [0.2, 0.25) is 0 Å². The van der Waals surface area contributed by atoms with E-state index in [1.54, 1.807) is 5.56 Å². The second-order valence-corrected chi connectivity index (χ2v) is 12.4. The smallest absolute Gasteiger partial charge is 0.119 e. The molecule has 2 aromatic rings. The molecule has 1 aliphatic heterocycles. The van der Waals surface area contributed by atoms with Crippen LogP contribution in [0.3, 0.4) is 0 Å². The molecule has 3 rings (SSSR count). The van der Waals surface area contributed by atoms with Crippen molar-refractivity contribution in [3.8, 4) is 31.4 Å². The number of benzene rings is 2. The third kappa shape index (κ3) is 19.6. The Morgan fingerprint density at radius 1 is 0.778 bits per heavy atom. The fraction of sp³-hybridized carbons (Fsp3) is 0.610. The summed E-state index contributed by atoms with van der Waals surface area (Å²) in [6, 6.07) is 17.1. The lowest BCUT2D eigenvalue weighted by molar-refractivity contribution is 0.244. The number of thioether (sulfide) groups is 1. The lowest BCUT2D eigenvalue weighted by atomic mass is 9.75. The van der Waals surface area contributed by atoms with E-state index >= 15 is 0 Å². The molecule has 1 heterocycles. The second-order valence-electron chi connectivity index (χ2n) is 11.4. The van der Waals surface area contributed by atoms with Crippen molar-refractivity contribution >= 4 is 17.4 Å². The van der Waals surface area contributed by atoms with Gasteiger partial charge in [-0.3, -0.25) is 0 Å². The molecular formula is C41H68N2OS. The molecule has 4 heteroatoms. The molecule has 0 aromatic heterocycles. The first-order chi connectivity index (χ1) is 22.0. The van der Waals surface area contributed by atoms with Crippen molar-refractivity contribution in [3.63, 3.8) is 0 Å². The summed E-state index contributed by atoms with van der Waals surface area (Å²) < 4.78 is 5.65. The molecule has 254 valence electrons. The minimum Gasteiger partial charge on any atom is -0.494 e. The van der Waals surface area contributed by atoms with Gasteiger partial charge in [0.15, 0.2) is 0 Å². The molecule has 0 bridgehead atoms. The van der Waals surface area contributed by atoms with Crippen LogP contribution >= 0.6 is 11.8 Å². The molecule has 0 aliphatic carbocycles. The van der Waals surface area contributed by atoms with Gasteiger partial charge in [0.25, 0.3) is 0 Å². The molecule has 0 saturated heterocycles. The molecular weight excluding hydrogens is 569 g/mol. The van der Waals surface area contributed by atoms with Gasteiger partial charge in [-0.1, -0.05) is 85.4 Å². The highest BCUT2D eigenvalue weighted by Crippen LogP contribution is 2.45. The van der Waals surface area contributed by atoms with Gasteiger partial charge in [-0.15, -0.1) is 37.5 Å². The molecule has 2 aromatic carbocycles. The Labute approximate surface area is 285 Å². The van der Waals surface area contributed by atoms with Gasteiger partial charge in [0.05, 0.1) is 6.61 Å². The van der Waals surface area contributed by atoms with Gasteiger partial charge in [0.1, 0.15) is 5.75 Å². The summed E-state index contributed by atoms with van der Waals surface area (Å²) in [5.41, 5.74) is 3.49. The number of terminal acetylenes is 2. The average molecular weight is 637 g/mol. The predicted octanol–water partition coefficient (Wildman–Crippen LogP) is 11.3. The maximum Gasteiger partial charge on any atom is 0.119 e. The molecule has 3 nitrogen and oxygen atoms in total. The highest BCUT2D eigenvalue weighted by molar-refractivity contribution is 7.99. The van der Waals surface area contributed by atoms with Gasteiger partial charge in [-0.05, 0) is 106 Å². The zero-order valence-corrected chi connectivity index (χ0v) is 31.3. The summed E-state index contributed by atoms with van der Waals surface area (Å²) in [7, 11) is 4.27. The average Bonchev–Trinajstić information content (AvgIpc) is 3.29. The fourth-order valence-corrected chi connectivity index (χ4v) is 6.77. The molecule has 0 spiro atoms. The number of ether oxygens (including phenoxy) is 1. The Hall–Kier alpha value is -2.53. The molecule has 0 unspecified atom stereocenters. The van der Waals surface area contributed by atoms with Crippen molar-refractivity contribution in [2.24, 2.45) is 5.41 Å². The second kappa shape index (κ2) is 30.1. The van der Waals surface area contributed by atoms with Crippen LogP contribution in [0.15, 0.2) is 53.4 Å². The van der Waals surface area contributed by atoms with Crippen LogP contribution in [0.5, 0.6) is 5.75 Å². The number of rotatable bonds is 16. The number of fused-ring (bicyclic) bond motifs is 1. The maximum atomic E-state index is 5.65. The van der Waals surface area contributed by atoms with Gasteiger partial charge in [-0.2, -0.15) is 0 Å². The molecule has 0 radical (unpaired) electrons. The third-order valence-electron chi connectivity index (χ3n) is 8.17. The van der Waals surface area contributed by atoms with Crippen LogP contribution in [0.2, 0.25) is 0 Å². The van der Waals surface area contributed by atoms with E-state index in [4.69, 9.17) is 4.74 Å². The lowest BCUT2D eigenvalue weighted by Crippen LogP contribution is -2.24. The Bertz CT molecular complexity index is 951. The predicted molar refractivity (Wildman–Crippen MR) is 206 cm³/mol. The van der Waals surface area contributed by atoms with Crippen molar-refractivity contribution < 1.29 is 4.74 Å². The number of aryl methyl sites for hydroxylation is 1. The number of unbranched alkanes of at least 4 members (excludes halogenated alkanes) is 4. The minimum absolute atomic E-state index is 0.577.